The van der Waals surface area contributed by atoms with Crippen LogP contribution in [0.15, 0.2) is 18.2 Å². The number of hydrogen-bond donors (Lipinski definition) is 3. The zero-order valence-corrected chi connectivity index (χ0v) is 17.6. The summed E-state index contributed by atoms with van der Waals surface area (Å²) in [6.07, 6.45) is 0. The van der Waals surface area contributed by atoms with E-state index in [1.165, 1.54) is 50.6 Å². The third kappa shape index (κ3) is 4.24. The Morgan fingerprint density at radius 3 is 2.23 bits per heavy atom. The Kier molecular flexibility index (Phi) is 6.15. The van der Waals surface area contributed by atoms with E-state index in [1.54, 1.807) is 13.8 Å². The first-order chi connectivity index (χ1) is 13.8. The third-order valence-electron chi connectivity index (χ3n) is 4.96. The Morgan fingerprint density at radius 2 is 1.70 bits per heavy atom. The number of halogens is 1. The molecule has 0 saturated heterocycles. The summed E-state index contributed by atoms with van der Waals surface area (Å²) < 4.78 is 14.9. The molecule has 0 spiro atoms. The first-order valence-electron chi connectivity index (χ1n) is 9.11. The van der Waals surface area contributed by atoms with Gasteiger partial charge in [0.2, 0.25) is 0 Å². The van der Waals surface area contributed by atoms with Gasteiger partial charge in [0.15, 0.2) is 0 Å². The molecule has 0 fully saturated rings. The number of carbonyl (C=O) groups is 4. The number of aromatic nitrogens is 1. The lowest BCUT2D eigenvalue weighted by Crippen LogP contribution is -2.52. The minimum Gasteiger partial charge on any atom is -0.480 e. The van der Waals surface area contributed by atoms with Crippen molar-refractivity contribution in [3.63, 3.8) is 0 Å². The number of amides is 2. The lowest BCUT2D eigenvalue weighted by molar-refractivity contribution is -0.145. The van der Waals surface area contributed by atoms with E-state index < -0.39 is 34.9 Å². The van der Waals surface area contributed by atoms with E-state index in [1.807, 2.05) is 0 Å². The normalized spacial score (nSPS) is 11.2. The van der Waals surface area contributed by atoms with Gasteiger partial charge in [-0.05, 0) is 63.9 Å². The second-order valence-corrected chi connectivity index (χ2v) is 7.62. The van der Waals surface area contributed by atoms with Gasteiger partial charge >= 0.3 is 5.97 Å². The molecule has 0 atom stereocenters. The molecule has 0 saturated carbocycles. The fourth-order valence-corrected chi connectivity index (χ4v) is 3.05. The van der Waals surface area contributed by atoms with Crippen LogP contribution in [0.4, 0.5) is 10.1 Å². The maximum absolute atomic E-state index is 13.4. The number of Topliss-reactive ketones (excluding diaryl/α,β-unsaturated/α-hetero) is 1. The summed E-state index contributed by atoms with van der Waals surface area (Å²) in [6, 6.07) is 4.13. The van der Waals surface area contributed by atoms with Gasteiger partial charge in [-0.3, -0.25) is 14.4 Å². The standard InChI is InChI=1S/C21H24FN3O5/c1-10-9-13(7-8-14(10)22)23-18(27)15-11(2)16(25(6)12(15)3)17(26)19(28)24-21(4,5)20(29)30/h7-9H,1-6H3,(H,23,27)(H,24,28)(H,29,30). The molecule has 0 aliphatic heterocycles. The van der Waals surface area contributed by atoms with Gasteiger partial charge in [-0.1, -0.05) is 0 Å². The average Bonchev–Trinajstić information content (AvgIpc) is 2.86. The monoisotopic (exact) mass is 417 g/mol. The fourth-order valence-electron chi connectivity index (χ4n) is 3.05. The Balaban J connectivity index is 2.37. The number of nitrogens with zero attached hydrogens (tertiary/aromatic N) is 1. The highest BCUT2D eigenvalue weighted by atomic mass is 19.1. The van der Waals surface area contributed by atoms with E-state index in [4.69, 9.17) is 5.11 Å². The molecule has 0 bridgehead atoms. The predicted molar refractivity (Wildman–Crippen MR) is 108 cm³/mol. The Bertz CT molecular complexity index is 1070. The number of carboxylic acids is 1. The molecular formula is C21H24FN3O5. The summed E-state index contributed by atoms with van der Waals surface area (Å²) >= 11 is 0. The average molecular weight is 417 g/mol. The van der Waals surface area contributed by atoms with Crippen molar-refractivity contribution in [3.05, 3.63) is 52.1 Å². The number of carbonyl (C=O) groups excluding carboxylic acids is 3. The SMILES string of the molecule is Cc1cc(NC(=O)c2c(C)c(C(=O)C(=O)NC(C)(C)C(=O)O)n(C)c2C)ccc1F. The van der Waals surface area contributed by atoms with Crippen molar-refractivity contribution in [2.24, 2.45) is 7.05 Å². The molecule has 2 aromatic rings. The van der Waals surface area contributed by atoms with Gasteiger partial charge in [-0.25, -0.2) is 9.18 Å². The van der Waals surface area contributed by atoms with Crippen LogP contribution in [-0.2, 0) is 16.6 Å². The van der Waals surface area contributed by atoms with Crippen molar-refractivity contribution < 1.29 is 28.7 Å². The summed E-state index contributed by atoms with van der Waals surface area (Å²) in [5, 5.41) is 14.0. The maximum atomic E-state index is 13.4. The zero-order valence-electron chi connectivity index (χ0n) is 17.6. The molecule has 0 aliphatic rings. The Morgan fingerprint density at radius 1 is 1.10 bits per heavy atom. The molecule has 2 amide bonds. The van der Waals surface area contributed by atoms with Crippen molar-refractivity contribution in [1.82, 2.24) is 9.88 Å². The smallest absolute Gasteiger partial charge is 0.328 e. The molecule has 1 heterocycles. The van der Waals surface area contributed by atoms with Gasteiger partial charge in [0.25, 0.3) is 17.6 Å². The molecule has 9 heteroatoms. The Hall–Kier alpha value is -3.49. The van der Waals surface area contributed by atoms with Gasteiger partial charge in [0.1, 0.15) is 11.4 Å². The minimum absolute atomic E-state index is 0.0216. The van der Waals surface area contributed by atoms with Gasteiger partial charge < -0.3 is 20.3 Å². The molecule has 8 nitrogen and oxygen atoms in total. The largest absolute Gasteiger partial charge is 0.480 e. The predicted octanol–water partition coefficient (Wildman–Crippen LogP) is 2.50. The molecule has 30 heavy (non-hydrogen) atoms. The van der Waals surface area contributed by atoms with E-state index in [9.17, 15) is 23.6 Å². The van der Waals surface area contributed by atoms with Crippen LogP contribution in [0.2, 0.25) is 0 Å². The van der Waals surface area contributed by atoms with E-state index in [-0.39, 0.29) is 16.8 Å². The van der Waals surface area contributed by atoms with Gasteiger partial charge in [0.05, 0.1) is 11.3 Å². The fraction of sp³-hybridized carbons (Fsp3) is 0.333. The van der Waals surface area contributed by atoms with Crippen LogP contribution in [0, 0.1) is 26.6 Å². The van der Waals surface area contributed by atoms with Crippen LogP contribution in [-0.4, -0.2) is 38.8 Å². The van der Waals surface area contributed by atoms with Gasteiger partial charge in [-0.15, -0.1) is 0 Å². The van der Waals surface area contributed by atoms with Crippen molar-refractivity contribution >= 4 is 29.3 Å². The van der Waals surface area contributed by atoms with Crippen LogP contribution in [0.1, 0.15) is 51.5 Å². The number of hydrogen-bond acceptors (Lipinski definition) is 4. The van der Waals surface area contributed by atoms with Crippen LogP contribution >= 0.6 is 0 Å². The van der Waals surface area contributed by atoms with Gasteiger partial charge in [0, 0.05) is 18.4 Å². The summed E-state index contributed by atoms with van der Waals surface area (Å²) in [5.74, 6) is -4.26. The number of aryl methyl sites for hydroxylation is 1. The molecule has 0 radical (unpaired) electrons. The molecule has 160 valence electrons. The summed E-state index contributed by atoms with van der Waals surface area (Å²) in [7, 11) is 1.53. The molecule has 1 aromatic carbocycles. The summed E-state index contributed by atoms with van der Waals surface area (Å²) in [6.45, 7) is 7.23. The number of rotatable bonds is 6. The number of anilines is 1. The quantitative estimate of drug-likeness (QED) is 0.493. The first kappa shape index (κ1) is 22.8. The zero-order chi connectivity index (χ0) is 23.0. The third-order valence-corrected chi connectivity index (χ3v) is 4.96. The number of benzene rings is 1. The number of ketones is 1. The highest BCUT2D eigenvalue weighted by Crippen LogP contribution is 2.24. The Labute approximate surface area is 173 Å². The lowest BCUT2D eigenvalue weighted by atomic mass is 10.0. The van der Waals surface area contributed by atoms with E-state index in [0.717, 1.165) is 0 Å². The van der Waals surface area contributed by atoms with Crippen molar-refractivity contribution in [2.75, 3.05) is 5.32 Å². The van der Waals surface area contributed by atoms with Crippen molar-refractivity contribution in [1.29, 1.82) is 0 Å². The summed E-state index contributed by atoms with van der Waals surface area (Å²) in [5.41, 5.74) is 0.0109. The van der Waals surface area contributed by atoms with Gasteiger partial charge in [-0.2, -0.15) is 0 Å². The number of nitrogens with one attached hydrogen (secondary N) is 2. The molecule has 1 aromatic heterocycles. The van der Waals surface area contributed by atoms with E-state index in [2.05, 4.69) is 10.6 Å². The highest BCUT2D eigenvalue weighted by Gasteiger charge is 2.34. The molecule has 3 N–H and O–H groups in total. The molecule has 2 rings (SSSR count). The summed E-state index contributed by atoms with van der Waals surface area (Å²) in [4.78, 5) is 49.1. The topological polar surface area (TPSA) is 118 Å². The number of aliphatic carboxylic acids is 1. The van der Waals surface area contributed by atoms with Crippen LogP contribution in [0.25, 0.3) is 0 Å². The molecule has 0 aliphatic carbocycles. The van der Waals surface area contributed by atoms with E-state index in [0.29, 0.717) is 16.9 Å². The van der Waals surface area contributed by atoms with Crippen molar-refractivity contribution in [3.8, 4) is 0 Å². The minimum atomic E-state index is -1.64. The van der Waals surface area contributed by atoms with Crippen LogP contribution in [0.5, 0.6) is 0 Å². The maximum Gasteiger partial charge on any atom is 0.328 e. The van der Waals surface area contributed by atoms with E-state index >= 15 is 0 Å². The lowest BCUT2D eigenvalue weighted by Gasteiger charge is -2.20. The van der Waals surface area contributed by atoms with Crippen LogP contribution in [0.3, 0.4) is 0 Å². The molecule has 0 unspecified atom stereocenters. The molecular weight excluding hydrogens is 393 g/mol. The second kappa shape index (κ2) is 8.10. The van der Waals surface area contributed by atoms with Crippen molar-refractivity contribution in [2.45, 2.75) is 40.2 Å². The first-order valence-corrected chi connectivity index (χ1v) is 9.11. The number of carboxylic acid groups (broad SMARTS) is 1. The van der Waals surface area contributed by atoms with Crippen LogP contribution < -0.4 is 10.6 Å². The second-order valence-electron chi connectivity index (χ2n) is 7.62. The highest BCUT2D eigenvalue weighted by molar-refractivity contribution is 6.43.